The largest absolute Gasteiger partial charge is 0.462 e. The fraction of sp³-hybridized carbons (Fsp3) is 0.847. The van der Waals surface area contributed by atoms with Gasteiger partial charge in [-0.2, -0.15) is 0 Å². The lowest BCUT2D eigenvalue weighted by molar-refractivity contribution is -0.167. The van der Waals surface area contributed by atoms with Crippen molar-refractivity contribution in [3.05, 3.63) is 48.6 Å². The summed E-state index contributed by atoms with van der Waals surface area (Å²) in [6, 6.07) is 0. The molecule has 0 radical (unpaired) electrons. The summed E-state index contributed by atoms with van der Waals surface area (Å²) in [7, 11) is 0. The Hall–Kier alpha value is -2.63. The molecule has 6 nitrogen and oxygen atoms in total. The Morgan fingerprint density at radius 1 is 0.256 bits per heavy atom. The van der Waals surface area contributed by atoms with Crippen LogP contribution in [0.1, 0.15) is 374 Å². The zero-order chi connectivity index (χ0) is 56.4. The Morgan fingerprint density at radius 3 is 0.731 bits per heavy atom. The van der Waals surface area contributed by atoms with Crippen LogP contribution in [0.25, 0.3) is 0 Å². The highest BCUT2D eigenvalue weighted by Crippen LogP contribution is 2.18. The van der Waals surface area contributed by atoms with E-state index in [4.69, 9.17) is 14.2 Å². The molecule has 0 aliphatic heterocycles. The van der Waals surface area contributed by atoms with Gasteiger partial charge >= 0.3 is 17.9 Å². The summed E-state index contributed by atoms with van der Waals surface area (Å²) >= 11 is 0. The minimum atomic E-state index is -0.781. The minimum Gasteiger partial charge on any atom is -0.462 e. The van der Waals surface area contributed by atoms with Crippen LogP contribution in [-0.4, -0.2) is 37.2 Å². The van der Waals surface area contributed by atoms with Gasteiger partial charge in [-0.25, -0.2) is 0 Å². The van der Waals surface area contributed by atoms with E-state index in [1.807, 2.05) is 0 Å². The SMILES string of the molecule is CCCCC/C=C\C/C=C\CCCCCCCCCC(=O)OCC(COC(=O)CCCCCCCCCCCCCCCCCCCCCCCCCCCC)OC(=O)CCCCCCCCC/C=C\C/C=C\CCCCC. The van der Waals surface area contributed by atoms with E-state index in [0.29, 0.717) is 19.3 Å². The summed E-state index contributed by atoms with van der Waals surface area (Å²) in [5, 5.41) is 0. The van der Waals surface area contributed by atoms with Crippen molar-refractivity contribution in [1.82, 2.24) is 0 Å². The molecule has 0 aromatic carbocycles. The van der Waals surface area contributed by atoms with Crippen LogP contribution in [0.5, 0.6) is 0 Å². The molecule has 0 aliphatic carbocycles. The molecule has 1 unspecified atom stereocenters. The Morgan fingerprint density at radius 2 is 0.462 bits per heavy atom. The van der Waals surface area contributed by atoms with Gasteiger partial charge in [-0.05, 0) is 83.5 Å². The summed E-state index contributed by atoms with van der Waals surface area (Å²) in [5.41, 5.74) is 0. The molecule has 0 saturated carbocycles. The minimum absolute atomic E-state index is 0.0752. The molecule has 0 aromatic rings. The lowest BCUT2D eigenvalue weighted by Crippen LogP contribution is -2.30. The molecule has 0 amide bonds. The first-order valence-electron chi connectivity index (χ1n) is 34.6. The number of hydrogen-bond acceptors (Lipinski definition) is 6. The monoisotopic (exact) mass is 1090 g/mol. The lowest BCUT2D eigenvalue weighted by atomic mass is 10.0. The zero-order valence-corrected chi connectivity index (χ0v) is 52.5. The first-order chi connectivity index (χ1) is 38.5. The van der Waals surface area contributed by atoms with E-state index in [9.17, 15) is 14.4 Å². The van der Waals surface area contributed by atoms with Crippen molar-refractivity contribution in [3.63, 3.8) is 0 Å². The molecular weight excluding hydrogens is 961 g/mol. The molecule has 1 atom stereocenters. The van der Waals surface area contributed by atoms with Crippen LogP contribution in [0.2, 0.25) is 0 Å². The van der Waals surface area contributed by atoms with E-state index in [-0.39, 0.29) is 31.1 Å². The van der Waals surface area contributed by atoms with Crippen LogP contribution < -0.4 is 0 Å². The second-order valence-electron chi connectivity index (χ2n) is 23.4. The number of rotatable bonds is 64. The molecule has 0 spiro atoms. The normalized spacial score (nSPS) is 12.3. The highest BCUT2D eigenvalue weighted by Gasteiger charge is 2.19. The molecule has 456 valence electrons. The van der Waals surface area contributed by atoms with Gasteiger partial charge in [0, 0.05) is 19.3 Å². The molecule has 6 heteroatoms. The smallest absolute Gasteiger partial charge is 0.306 e. The summed E-state index contributed by atoms with van der Waals surface area (Å²) in [4.78, 5) is 38.4. The van der Waals surface area contributed by atoms with Crippen molar-refractivity contribution in [2.24, 2.45) is 0 Å². The van der Waals surface area contributed by atoms with Gasteiger partial charge in [0.2, 0.25) is 0 Å². The van der Waals surface area contributed by atoms with E-state index in [2.05, 4.69) is 69.4 Å². The molecule has 0 N–H and O–H groups in total. The van der Waals surface area contributed by atoms with Crippen LogP contribution in [0.3, 0.4) is 0 Å². The third-order valence-corrected chi connectivity index (χ3v) is 15.6. The van der Waals surface area contributed by atoms with E-state index in [1.165, 1.54) is 250 Å². The predicted octanol–water partition coefficient (Wildman–Crippen LogP) is 23.7. The Balaban J connectivity index is 4.27. The molecular formula is C72H132O6. The van der Waals surface area contributed by atoms with E-state index < -0.39 is 6.10 Å². The van der Waals surface area contributed by atoms with Crippen molar-refractivity contribution >= 4 is 17.9 Å². The number of unbranched alkanes of at least 4 members (excludes halogenated alkanes) is 45. The van der Waals surface area contributed by atoms with Crippen LogP contribution in [0.4, 0.5) is 0 Å². The number of carbonyl (C=O) groups excluding carboxylic acids is 3. The van der Waals surface area contributed by atoms with Crippen molar-refractivity contribution in [2.75, 3.05) is 13.2 Å². The maximum absolute atomic E-state index is 12.9. The first-order valence-corrected chi connectivity index (χ1v) is 34.6. The molecule has 0 saturated heterocycles. The molecule has 0 aliphatic rings. The highest BCUT2D eigenvalue weighted by molar-refractivity contribution is 5.71. The van der Waals surface area contributed by atoms with Gasteiger partial charge in [0.1, 0.15) is 13.2 Å². The predicted molar refractivity (Wildman–Crippen MR) is 339 cm³/mol. The number of allylic oxidation sites excluding steroid dienone is 8. The number of esters is 3. The third kappa shape index (κ3) is 64.2. The van der Waals surface area contributed by atoms with Gasteiger partial charge in [-0.15, -0.1) is 0 Å². The van der Waals surface area contributed by atoms with Gasteiger partial charge in [-0.3, -0.25) is 14.4 Å². The second kappa shape index (κ2) is 66.9. The van der Waals surface area contributed by atoms with E-state index in [1.54, 1.807) is 0 Å². The number of ether oxygens (including phenoxy) is 3. The quantitative estimate of drug-likeness (QED) is 0.0261. The van der Waals surface area contributed by atoms with Gasteiger partial charge in [-0.1, -0.05) is 320 Å². The fourth-order valence-electron chi connectivity index (χ4n) is 10.3. The first kappa shape index (κ1) is 75.4. The van der Waals surface area contributed by atoms with E-state index in [0.717, 1.165) is 83.5 Å². The molecule has 78 heavy (non-hydrogen) atoms. The van der Waals surface area contributed by atoms with Crippen LogP contribution in [0, 0.1) is 0 Å². The number of hydrogen-bond donors (Lipinski definition) is 0. The Kier molecular flexibility index (Phi) is 64.6. The molecule has 0 heterocycles. The summed E-state index contributed by atoms with van der Waals surface area (Å²) < 4.78 is 17.0. The van der Waals surface area contributed by atoms with Crippen LogP contribution in [0.15, 0.2) is 48.6 Å². The summed E-state index contributed by atoms with van der Waals surface area (Å²) in [6.07, 6.45) is 84.2. The maximum atomic E-state index is 12.9. The van der Waals surface area contributed by atoms with Gasteiger partial charge < -0.3 is 14.2 Å². The molecule has 0 rings (SSSR count). The van der Waals surface area contributed by atoms with Crippen molar-refractivity contribution < 1.29 is 28.6 Å². The topological polar surface area (TPSA) is 78.9 Å². The highest BCUT2D eigenvalue weighted by atomic mass is 16.6. The molecule has 0 aromatic heterocycles. The van der Waals surface area contributed by atoms with Gasteiger partial charge in [0.15, 0.2) is 6.10 Å². The zero-order valence-electron chi connectivity index (χ0n) is 52.5. The Labute approximate surface area is 486 Å². The van der Waals surface area contributed by atoms with Gasteiger partial charge in [0.05, 0.1) is 0 Å². The standard InChI is InChI=1S/C72H132O6/c1-4-7-10-13-16-19-22-25-28-31-32-33-34-35-36-37-38-39-42-44-47-50-53-56-59-62-65-71(74)77-68-69(78-72(75)66-63-60-57-54-51-48-45-41-30-27-24-21-18-15-12-9-6-3)67-76-70(73)64-61-58-55-52-49-46-43-40-29-26-23-20-17-14-11-8-5-2/h17-18,20-21,26-27,29-30,69H,4-16,19,22-25,28,31-68H2,1-3H3/b20-17-,21-18-,29-26-,30-27-. The maximum Gasteiger partial charge on any atom is 0.306 e. The van der Waals surface area contributed by atoms with E-state index >= 15 is 0 Å². The third-order valence-electron chi connectivity index (χ3n) is 15.6. The second-order valence-corrected chi connectivity index (χ2v) is 23.4. The van der Waals surface area contributed by atoms with Crippen LogP contribution in [-0.2, 0) is 28.6 Å². The molecule has 0 fully saturated rings. The van der Waals surface area contributed by atoms with Crippen molar-refractivity contribution in [2.45, 2.75) is 380 Å². The fourth-order valence-corrected chi connectivity index (χ4v) is 10.3. The summed E-state index contributed by atoms with van der Waals surface area (Å²) in [6.45, 7) is 6.64. The summed E-state index contributed by atoms with van der Waals surface area (Å²) in [5.74, 6) is -0.867. The molecule has 0 bridgehead atoms. The van der Waals surface area contributed by atoms with Crippen molar-refractivity contribution in [3.8, 4) is 0 Å². The average Bonchev–Trinajstić information content (AvgIpc) is 3.44. The average molecular weight is 1090 g/mol. The lowest BCUT2D eigenvalue weighted by Gasteiger charge is -2.18. The number of carbonyl (C=O) groups is 3. The Bertz CT molecular complexity index is 1350. The van der Waals surface area contributed by atoms with Crippen molar-refractivity contribution in [1.29, 1.82) is 0 Å². The van der Waals surface area contributed by atoms with Crippen LogP contribution >= 0.6 is 0 Å². The van der Waals surface area contributed by atoms with Gasteiger partial charge in [0.25, 0.3) is 0 Å².